The first-order valence-corrected chi connectivity index (χ1v) is 32.3. The van der Waals surface area contributed by atoms with Crippen molar-refractivity contribution >= 4 is 65.0 Å². The highest BCUT2D eigenvalue weighted by Gasteiger charge is 2.38. The summed E-state index contributed by atoms with van der Waals surface area (Å²) in [5, 5.41) is 38.8. The lowest BCUT2D eigenvalue weighted by Crippen LogP contribution is -2.62. The maximum Gasteiger partial charge on any atom is 0.245 e. The topological polar surface area (TPSA) is 454 Å². The fourth-order valence-corrected chi connectivity index (χ4v) is 10.4. The lowest BCUT2D eigenvalue weighted by atomic mass is 9.89. The Morgan fingerprint density at radius 3 is 1.24 bits per heavy atom. The summed E-state index contributed by atoms with van der Waals surface area (Å²) in [4.78, 5) is 143. The highest BCUT2D eigenvalue weighted by molar-refractivity contribution is 5.98. The minimum Gasteiger partial charge on any atom is -0.391 e. The molecule has 0 aromatic carbocycles. The van der Waals surface area contributed by atoms with Gasteiger partial charge in [0, 0.05) is 6.54 Å². The number of guanidine groups is 1. The number of rotatable bonds is 45. The molecule has 1 rings (SSSR count). The maximum absolute atomic E-state index is 14.6. The zero-order valence-corrected chi connectivity index (χ0v) is 54.9. The summed E-state index contributed by atoms with van der Waals surface area (Å²) >= 11 is 0. The molecule has 0 spiro atoms. The number of carbonyl (C=O) groups is 10. The molecule has 1 fully saturated rings. The molecule has 0 heterocycles. The van der Waals surface area contributed by atoms with Crippen LogP contribution in [-0.4, -0.2) is 163 Å². The fourth-order valence-electron chi connectivity index (χ4n) is 10.4. The van der Waals surface area contributed by atoms with E-state index in [-0.39, 0.29) is 107 Å². The molecule has 10 amide bonds. The smallest absolute Gasteiger partial charge is 0.245 e. The van der Waals surface area contributed by atoms with Gasteiger partial charge in [-0.1, -0.05) is 94.9 Å². The van der Waals surface area contributed by atoms with Gasteiger partial charge in [-0.2, -0.15) is 0 Å². The number of hydrogen-bond donors (Lipinski definition) is 16. The van der Waals surface area contributed by atoms with Crippen molar-refractivity contribution in [2.45, 2.75) is 252 Å². The number of aliphatic hydroxyl groups is 1. The molecule has 1 saturated carbocycles. The Bertz CT molecular complexity index is 2190. The molecule has 27 nitrogen and oxygen atoms in total. The molecule has 27 heteroatoms. The zero-order chi connectivity index (χ0) is 66.6. The predicted octanol–water partition coefficient (Wildman–Crippen LogP) is -0.0723. The number of nitrogens with one attached hydrogen (secondary N) is 10. The van der Waals surface area contributed by atoms with Crippen LogP contribution in [0.1, 0.15) is 192 Å². The fraction of sp³-hybridized carbons (Fsp3) is 0.820. The van der Waals surface area contributed by atoms with E-state index in [2.05, 4.69) is 58.2 Å². The third kappa shape index (κ3) is 32.9. The van der Waals surface area contributed by atoms with Crippen molar-refractivity contribution < 1.29 is 53.1 Å². The van der Waals surface area contributed by atoms with Gasteiger partial charge >= 0.3 is 0 Å². The van der Waals surface area contributed by atoms with Crippen LogP contribution < -0.4 is 81.8 Å². The minimum absolute atomic E-state index is 0.00366. The van der Waals surface area contributed by atoms with Crippen LogP contribution >= 0.6 is 0 Å². The number of unbranched alkanes of at least 4 members (excludes halogenated alkanes) is 2. The Morgan fingerprint density at radius 2 is 0.818 bits per heavy atom. The number of primary amides is 1. The molecule has 0 saturated heterocycles. The van der Waals surface area contributed by atoms with Crippen molar-refractivity contribution in [1.82, 2.24) is 53.2 Å². The van der Waals surface area contributed by atoms with Crippen molar-refractivity contribution in [3.63, 3.8) is 0 Å². The third-order valence-electron chi connectivity index (χ3n) is 15.4. The van der Waals surface area contributed by atoms with E-state index in [1.807, 2.05) is 55.4 Å². The summed E-state index contributed by atoms with van der Waals surface area (Å²) < 4.78 is 0. The molecular weight excluding hydrogens is 1130 g/mol. The van der Waals surface area contributed by atoms with Crippen molar-refractivity contribution in [2.75, 3.05) is 32.7 Å². The summed E-state index contributed by atoms with van der Waals surface area (Å²) in [6.07, 6.45) is 7.34. The molecule has 1 aliphatic rings. The Labute approximate surface area is 523 Å². The van der Waals surface area contributed by atoms with Crippen molar-refractivity contribution in [3.8, 4) is 0 Å². The standard InChI is InChI=1S/C61H116N16O11/c1-12-39(10)50(59(87)72-43(24-17-19-27-63)55(83)77-51(40(11)78)60(88)75-48(32-38(8)9)58(86)73-45(52(64)80)29-35(2)3)76-54(82)44(25-20-28-68-61(65)66)70-53(81)42(23-16-18-26-62)71-57(85)47(31-37(6)7)74-56(84)46(30-36(4)5)69-49(79)34-67-33-41-21-14-13-15-22-41/h35-48,50-51,67,78H,12-34,62-63H2,1-11H3,(H2,64,80)(H,69,79)(H,70,81)(H,71,85)(H,72,87)(H,73,86)(H,74,84)(H,75,88)(H,76,82)(H,77,83)(H4,65,66,68)/t39-,40+,42-,43-,44-,45-,46-,47-,48-,50-,51-/m0/s1. The van der Waals surface area contributed by atoms with Crippen LogP contribution in [0.15, 0.2) is 4.99 Å². The maximum atomic E-state index is 14.6. The van der Waals surface area contributed by atoms with Crippen LogP contribution in [0.2, 0.25) is 0 Å². The largest absolute Gasteiger partial charge is 0.391 e. The Kier molecular flexibility index (Phi) is 39.4. The Balaban J connectivity index is 3.58. The summed E-state index contributed by atoms with van der Waals surface area (Å²) in [6, 6.07) is -11.2. The Hall–Kier alpha value is -6.19. The minimum atomic E-state index is -1.63. The van der Waals surface area contributed by atoms with E-state index in [0.717, 1.165) is 12.8 Å². The molecule has 0 aromatic heterocycles. The van der Waals surface area contributed by atoms with Gasteiger partial charge in [0.15, 0.2) is 5.96 Å². The predicted molar refractivity (Wildman–Crippen MR) is 341 cm³/mol. The molecule has 0 unspecified atom stereocenters. The van der Waals surface area contributed by atoms with Gasteiger partial charge in [0.1, 0.15) is 54.4 Å². The van der Waals surface area contributed by atoms with Crippen LogP contribution in [-0.2, 0) is 47.9 Å². The average Bonchev–Trinajstić information content (AvgIpc) is 3.65. The lowest BCUT2D eigenvalue weighted by molar-refractivity contribution is -0.137. The molecule has 1 aliphatic carbocycles. The van der Waals surface area contributed by atoms with E-state index in [1.165, 1.54) is 26.2 Å². The molecular formula is C61H116N16O11. The SMILES string of the molecule is CC[C@H](C)[C@H](NC(=O)[C@H](CCCN=C(N)N)NC(=O)[C@H](CCCCN)NC(=O)[C@H](CC(C)C)NC(=O)[C@H](CC(C)C)NC(=O)CNCC1CCCCC1)C(=O)N[C@@H](CCCCN)C(=O)N[C@H](C(=O)N[C@@H](CC(C)C)C(=O)N[C@@H](CC(C)C)C(N)=O)[C@@H](C)O. The highest BCUT2D eigenvalue weighted by atomic mass is 16.3. The van der Waals surface area contributed by atoms with Gasteiger partial charge in [-0.3, -0.25) is 52.9 Å². The number of carbonyl (C=O) groups excluding carboxylic acids is 10. The van der Waals surface area contributed by atoms with E-state index in [4.69, 9.17) is 28.7 Å². The molecule has 0 bridgehead atoms. The normalized spacial score (nSPS) is 16.5. The quantitative estimate of drug-likeness (QED) is 0.0216. The van der Waals surface area contributed by atoms with Gasteiger partial charge in [0.2, 0.25) is 59.1 Å². The second-order valence-corrected chi connectivity index (χ2v) is 25.7. The molecule has 0 radical (unpaired) electrons. The van der Waals surface area contributed by atoms with Crippen LogP contribution in [0.5, 0.6) is 0 Å². The van der Waals surface area contributed by atoms with E-state index >= 15 is 0 Å². The van der Waals surface area contributed by atoms with Gasteiger partial charge in [0.05, 0.1) is 12.6 Å². The first-order chi connectivity index (χ1) is 41.4. The average molecular weight is 1250 g/mol. The monoisotopic (exact) mass is 1250 g/mol. The molecule has 88 heavy (non-hydrogen) atoms. The summed E-state index contributed by atoms with van der Waals surface area (Å²) in [7, 11) is 0. The summed E-state index contributed by atoms with van der Waals surface area (Å²) in [6.45, 7) is 21.0. The number of hydrogen-bond acceptors (Lipinski definition) is 15. The summed E-state index contributed by atoms with van der Waals surface area (Å²) in [5.74, 6) is -7.64. The molecule has 0 aromatic rings. The molecule has 0 aliphatic heterocycles. The third-order valence-corrected chi connectivity index (χ3v) is 15.4. The summed E-state index contributed by atoms with van der Waals surface area (Å²) in [5.41, 5.74) is 28.5. The van der Waals surface area contributed by atoms with Crippen molar-refractivity contribution in [1.29, 1.82) is 0 Å². The van der Waals surface area contributed by atoms with Gasteiger partial charge in [0.25, 0.3) is 0 Å². The van der Waals surface area contributed by atoms with Crippen molar-refractivity contribution in [3.05, 3.63) is 0 Å². The number of amides is 10. The second-order valence-electron chi connectivity index (χ2n) is 25.7. The zero-order valence-electron chi connectivity index (χ0n) is 54.9. The van der Waals surface area contributed by atoms with E-state index < -0.39 is 120 Å². The highest BCUT2D eigenvalue weighted by Crippen LogP contribution is 2.23. The van der Waals surface area contributed by atoms with Crippen molar-refractivity contribution in [2.24, 2.45) is 69.2 Å². The van der Waals surface area contributed by atoms with Gasteiger partial charge in [-0.25, -0.2) is 0 Å². The van der Waals surface area contributed by atoms with E-state index in [9.17, 15) is 53.1 Å². The van der Waals surface area contributed by atoms with E-state index in [1.54, 1.807) is 13.8 Å². The molecule has 506 valence electrons. The van der Waals surface area contributed by atoms with Crippen LogP contribution in [0.4, 0.5) is 0 Å². The van der Waals surface area contributed by atoms with Crippen LogP contribution in [0, 0.1) is 35.5 Å². The second kappa shape index (κ2) is 43.5. The number of nitrogens with two attached hydrogens (primary N) is 5. The first kappa shape index (κ1) is 79.8. The van der Waals surface area contributed by atoms with E-state index in [0.29, 0.717) is 51.0 Å². The molecule has 11 atom stereocenters. The van der Waals surface area contributed by atoms with Gasteiger partial charge < -0.3 is 86.9 Å². The van der Waals surface area contributed by atoms with Crippen LogP contribution in [0.25, 0.3) is 0 Å². The van der Waals surface area contributed by atoms with Gasteiger partial charge in [-0.15, -0.1) is 0 Å². The number of aliphatic imine (C=N–C) groups is 1. The lowest BCUT2D eigenvalue weighted by Gasteiger charge is -2.30. The van der Waals surface area contributed by atoms with Crippen LogP contribution in [0.3, 0.4) is 0 Å². The number of aliphatic hydroxyl groups excluding tert-OH is 1. The molecule has 21 N–H and O–H groups in total. The van der Waals surface area contributed by atoms with Gasteiger partial charge in [-0.05, 0) is 152 Å². The first-order valence-electron chi connectivity index (χ1n) is 32.3. The Morgan fingerprint density at radius 1 is 0.455 bits per heavy atom. The number of nitrogens with zero attached hydrogens (tertiary/aromatic N) is 1.